The summed E-state index contributed by atoms with van der Waals surface area (Å²) in [5, 5.41) is 11.6. The molecular formula is C14H12FN5. The average Bonchev–Trinajstić information content (AvgIpc) is 2.88. The first-order chi connectivity index (χ1) is 9.72. The molecule has 6 heteroatoms. The first-order valence-electron chi connectivity index (χ1n) is 6.09. The summed E-state index contributed by atoms with van der Waals surface area (Å²) in [7, 11) is 0. The monoisotopic (exact) mass is 269 g/mol. The van der Waals surface area contributed by atoms with Crippen LogP contribution in [0.5, 0.6) is 0 Å². The number of benzene rings is 2. The quantitative estimate of drug-likeness (QED) is 0.739. The molecular weight excluding hydrogens is 257 g/mol. The summed E-state index contributed by atoms with van der Waals surface area (Å²) in [5.41, 5.74) is 8.00. The maximum absolute atomic E-state index is 13.2. The Hall–Kier alpha value is -2.76. The molecule has 1 heterocycles. The Kier molecular flexibility index (Phi) is 3.12. The third-order valence-corrected chi connectivity index (χ3v) is 2.92. The molecule has 2 aromatic carbocycles. The third-order valence-electron chi connectivity index (χ3n) is 2.92. The summed E-state index contributed by atoms with van der Waals surface area (Å²) >= 11 is 0. The number of anilines is 1. The lowest BCUT2D eigenvalue weighted by Gasteiger charge is -2.05. The van der Waals surface area contributed by atoms with Crippen molar-refractivity contribution in [3.8, 4) is 11.4 Å². The number of rotatable bonds is 3. The molecule has 0 saturated carbocycles. The van der Waals surface area contributed by atoms with Crippen LogP contribution in [0.2, 0.25) is 0 Å². The summed E-state index contributed by atoms with van der Waals surface area (Å²) in [6.45, 7) is 0.407. The van der Waals surface area contributed by atoms with Crippen LogP contribution in [0.25, 0.3) is 11.4 Å². The highest BCUT2D eigenvalue weighted by molar-refractivity contribution is 5.58. The van der Waals surface area contributed by atoms with E-state index >= 15 is 0 Å². The number of aromatic nitrogens is 4. The zero-order chi connectivity index (χ0) is 13.9. The number of hydrogen-bond acceptors (Lipinski definition) is 4. The lowest BCUT2D eigenvalue weighted by Crippen LogP contribution is -2.04. The van der Waals surface area contributed by atoms with Crippen molar-refractivity contribution in [2.24, 2.45) is 0 Å². The van der Waals surface area contributed by atoms with Gasteiger partial charge in [-0.15, -0.1) is 5.10 Å². The van der Waals surface area contributed by atoms with Gasteiger partial charge in [0.05, 0.1) is 6.54 Å². The minimum Gasteiger partial charge on any atom is -0.399 e. The largest absolute Gasteiger partial charge is 0.399 e. The van der Waals surface area contributed by atoms with E-state index in [0.717, 1.165) is 11.1 Å². The van der Waals surface area contributed by atoms with E-state index in [0.29, 0.717) is 18.1 Å². The van der Waals surface area contributed by atoms with Crippen LogP contribution in [-0.4, -0.2) is 20.2 Å². The van der Waals surface area contributed by atoms with Crippen molar-refractivity contribution in [2.45, 2.75) is 6.54 Å². The standard InChI is InChI=1S/C14H12FN5/c15-12-3-1-2-10(8-12)9-20-14(17-18-19-20)11-4-6-13(16)7-5-11/h1-8H,9,16H2. The van der Waals surface area contributed by atoms with E-state index in [-0.39, 0.29) is 5.82 Å². The SMILES string of the molecule is Nc1ccc(-c2nnnn2Cc2cccc(F)c2)cc1. The number of nitrogens with zero attached hydrogens (tertiary/aromatic N) is 4. The number of nitrogens with two attached hydrogens (primary N) is 1. The van der Waals surface area contributed by atoms with E-state index in [2.05, 4.69) is 15.5 Å². The third kappa shape index (κ3) is 2.49. The molecule has 2 N–H and O–H groups in total. The lowest BCUT2D eigenvalue weighted by molar-refractivity contribution is 0.615. The van der Waals surface area contributed by atoms with Crippen LogP contribution in [0.3, 0.4) is 0 Å². The average molecular weight is 269 g/mol. The van der Waals surface area contributed by atoms with Crippen LogP contribution >= 0.6 is 0 Å². The van der Waals surface area contributed by atoms with Crippen molar-refractivity contribution < 1.29 is 4.39 Å². The molecule has 0 bridgehead atoms. The summed E-state index contributed by atoms with van der Waals surface area (Å²) < 4.78 is 14.8. The van der Waals surface area contributed by atoms with Crippen LogP contribution < -0.4 is 5.73 Å². The highest BCUT2D eigenvalue weighted by Crippen LogP contribution is 2.18. The van der Waals surface area contributed by atoms with Gasteiger partial charge in [-0.05, 0) is 52.4 Å². The maximum atomic E-state index is 13.2. The smallest absolute Gasteiger partial charge is 0.182 e. The van der Waals surface area contributed by atoms with Gasteiger partial charge < -0.3 is 5.73 Å². The molecule has 0 atom stereocenters. The van der Waals surface area contributed by atoms with Gasteiger partial charge in [-0.25, -0.2) is 9.07 Å². The topological polar surface area (TPSA) is 69.6 Å². The predicted molar refractivity (Wildman–Crippen MR) is 73.2 cm³/mol. The molecule has 0 aliphatic carbocycles. The normalized spacial score (nSPS) is 10.7. The fourth-order valence-corrected chi connectivity index (χ4v) is 1.96. The van der Waals surface area contributed by atoms with E-state index in [4.69, 9.17) is 5.73 Å². The Morgan fingerprint density at radius 3 is 2.65 bits per heavy atom. The van der Waals surface area contributed by atoms with Gasteiger partial charge in [-0.1, -0.05) is 12.1 Å². The molecule has 20 heavy (non-hydrogen) atoms. The minimum atomic E-state index is -0.274. The van der Waals surface area contributed by atoms with Crippen LogP contribution in [0.1, 0.15) is 5.56 Å². The van der Waals surface area contributed by atoms with Gasteiger partial charge in [-0.3, -0.25) is 0 Å². The summed E-state index contributed by atoms with van der Waals surface area (Å²) in [4.78, 5) is 0. The second-order valence-corrected chi connectivity index (χ2v) is 4.41. The van der Waals surface area contributed by atoms with Crippen molar-refractivity contribution in [1.82, 2.24) is 20.2 Å². The fourth-order valence-electron chi connectivity index (χ4n) is 1.96. The highest BCUT2D eigenvalue weighted by Gasteiger charge is 2.09. The number of halogens is 1. The number of nitrogen functional groups attached to an aromatic ring is 1. The van der Waals surface area contributed by atoms with Gasteiger partial charge in [0.25, 0.3) is 0 Å². The second kappa shape index (κ2) is 5.08. The summed E-state index contributed by atoms with van der Waals surface area (Å²) in [6.07, 6.45) is 0. The van der Waals surface area contributed by atoms with Crippen LogP contribution in [0.4, 0.5) is 10.1 Å². The maximum Gasteiger partial charge on any atom is 0.182 e. The molecule has 3 rings (SSSR count). The predicted octanol–water partition coefficient (Wildman–Crippen LogP) is 2.11. The molecule has 0 unspecified atom stereocenters. The molecule has 100 valence electrons. The number of hydrogen-bond donors (Lipinski definition) is 1. The first-order valence-corrected chi connectivity index (χ1v) is 6.09. The van der Waals surface area contributed by atoms with E-state index in [1.165, 1.54) is 12.1 Å². The molecule has 5 nitrogen and oxygen atoms in total. The fraction of sp³-hybridized carbons (Fsp3) is 0.0714. The van der Waals surface area contributed by atoms with Crippen molar-refractivity contribution in [1.29, 1.82) is 0 Å². The first kappa shape index (κ1) is 12.3. The molecule has 0 aliphatic rings. The summed E-state index contributed by atoms with van der Waals surface area (Å²) in [6, 6.07) is 13.6. The Morgan fingerprint density at radius 2 is 1.90 bits per heavy atom. The Bertz CT molecular complexity index is 720. The van der Waals surface area contributed by atoms with Crippen molar-refractivity contribution in [3.05, 3.63) is 59.9 Å². The van der Waals surface area contributed by atoms with Crippen molar-refractivity contribution >= 4 is 5.69 Å². The Labute approximate surface area is 114 Å². The van der Waals surface area contributed by atoms with Gasteiger partial charge in [0.1, 0.15) is 5.82 Å². The van der Waals surface area contributed by atoms with E-state index < -0.39 is 0 Å². The van der Waals surface area contributed by atoms with E-state index in [1.807, 2.05) is 18.2 Å². The molecule has 0 spiro atoms. The van der Waals surface area contributed by atoms with Crippen LogP contribution in [0, 0.1) is 5.82 Å². The molecule has 0 fully saturated rings. The van der Waals surface area contributed by atoms with Crippen molar-refractivity contribution in [2.75, 3.05) is 5.73 Å². The molecule has 0 aliphatic heterocycles. The van der Waals surface area contributed by atoms with Gasteiger partial charge >= 0.3 is 0 Å². The molecule has 0 saturated heterocycles. The van der Waals surface area contributed by atoms with Gasteiger partial charge in [0.15, 0.2) is 5.82 Å². The van der Waals surface area contributed by atoms with Crippen LogP contribution in [0.15, 0.2) is 48.5 Å². The summed E-state index contributed by atoms with van der Waals surface area (Å²) in [5.74, 6) is 0.346. The zero-order valence-electron chi connectivity index (χ0n) is 10.6. The minimum absolute atomic E-state index is 0.274. The second-order valence-electron chi connectivity index (χ2n) is 4.41. The van der Waals surface area contributed by atoms with Crippen LogP contribution in [-0.2, 0) is 6.54 Å². The molecule has 3 aromatic rings. The molecule has 0 amide bonds. The van der Waals surface area contributed by atoms with Gasteiger partial charge in [0.2, 0.25) is 0 Å². The highest BCUT2D eigenvalue weighted by atomic mass is 19.1. The van der Waals surface area contributed by atoms with Gasteiger partial charge in [-0.2, -0.15) is 0 Å². The molecule has 1 aromatic heterocycles. The Balaban J connectivity index is 1.92. The Morgan fingerprint density at radius 1 is 1.10 bits per heavy atom. The van der Waals surface area contributed by atoms with E-state index in [9.17, 15) is 4.39 Å². The molecule has 0 radical (unpaired) electrons. The lowest BCUT2D eigenvalue weighted by atomic mass is 10.2. The van der Waals surface area contributed by atoms with E-state index in [1.54, 1.807) is 22.9 Å². The zero-order valence-corrected chi connectivity index (χ0v) is 10.6. The van der Waals surface area contributed by atoms with Crippen molar-refractivity contribution in [3.63, 3.8) is 0 Å². The van der Waals surface area contributed by atoms with Gasteiger partial charge in [0, 0.05) is 11.3 Å². The number of tetrazole rings is 1.